The molecule has 0 saturated carbocycles. The van der Waals surface area contributed by atoms with Crippen molar-refractivity contribution >= 4 is 23.2 Å². The summed E-state index contributed by atoms with van der Waals surface area (Å²) in [7, 11) is 0. The van der Waals surface area contributed by atoms with Crippen molar-refractivity contribution in [3.05, 3.63) is 69.2 Å². The Bertz CT molecular complexity index is 581. The van der Waals surface area contributed by atoms with Crippen LogP contribution in [0.4, 0.5) is 0 Å². The fourth-order valence-corrected chi connectivity index (χ4v) is 2.58. The maximum Gasteiger partial charge on any atom is 0.0577 e. The summed E-state index contributed by atoms with van der Waals surface area (Å²) >= 11 is 12.4. The Morgan fingerprint density at radius 3 is 2.45 bits per heavy atom. The summed E-state index contributed by atoms with van der Waals surface area (Å²) in [4.78, 5) is 0. The molecule has 1 atom stereocenters. The number of aryl methyl sites for hydroxylation is 1. The molecule has 0 radical (unpaired) electrons. The van der Waals surface area contributed by atoms with Crippen molar-refractivity contribution in [1.29, 1.82) is 0 Å². The normalized spacial score (nSPS) is 12.4. The highest BCUT2D eigenvalue weighted by molar-refractivity contribution is 6.31. The van der Waals surface area contributed by atoms with E-state index in [9.17, 15) is 0 Å². The molecule has 3 heteroatoms. The minimum absolute atomic E-state index is 0.117. The third kappa shape index (κ3) is 3.76. The van der Waals surface area contributed by atoms with E-state index in [1.165, 1.54) is 0 Å². The zero-order chi connectivity index (χ0) is 14.5. The largest absolute Gasteiger partial charge is 0.306 e. The summed E-state index contributed by atoms with van der Waals surface area (Å²) in [6.07, 6.45) is 1.08. The van der Waals surface area contributed by atoms with E-state index in [2.05, 4.69) is 30.4 Å². The van der Waals surface area contributed by atoms with Gasteiger partial charge in [-0.25, -0.2) is 0 Å². The van der Waals surface area contributed by atoms with Gasteiger partial charge in [0.05, 0.1) is 6.04 Å². The second-order valence-corrected chi connectivity index (χ2v) is 5.79. The van der Waals surface area contributed by atoms with Gasteiger partial charge in [0.25, 0.3) is 0 Å². The van der Waals surface area contributed by atoms with Crippen LogP contribution in [0, 0.1) is 6.92 Å². The van der Waals surface area contributed by atoms with Crippen LogP contribution in [-0.2, 0) is 0 Å². The lowest BCUT2D eigenvalue weighted by molar-refractivity contribution is 0.598. The first kappa shape index (κ1) is 15.4. The molecule has 0 bridgehead atoms. The predicted octanol–water partition coefficient (Wildman–Crippen LogP) is 5.39. The van der Waals surface area contributed by atoms with Gasteiger partial charge in [-0.05, 0) is 54.8 Å². The minimum atomic E-state index is 0.117. The fraction of sp³-hybridized carbons (Fsp3) is 0.294. The zero-order valence-corrected chi connectivity index (χ0v) is 13.3. The Kier molecular flexibility index (Phi) is 5.47. The van der Waals surface area contributed by atoms with Crippen LogP contribution in [0.25, 0.3) is 0 Å². The van der Waals surface area contributed by atoms with Crippen LogP contribution >= 0.6 is 23.2 Å². The third-order valence-electron chi connectivity index (χ3n) is 3.31. The molecule has 0 aromatic heterocycles. The minimum Gasteiger partial charge on any atom is -0.306 e. The van der Waals surface area contributed by atoms with Crippen molar-refractivity contribution in [2.45, 2.75) is 26.3 Å². The molecule has 2 aromatic carbocycles. The van der Waals surface area contributed by atoms with Gasteiger partial charge in [-0.15, -0.1) is 0 Å². The molecule has 0 aliphatic heterocycles. The van der Waals surface area contributed by atoms with Crippen LogP contribution < -0.4 is 5.32 Å². The van der Waals surface area contributed by atoms with Crippen molar-refractivity contribution < 1.29 is 0 Å². The summed E-state index contributed by atoms with van der Waals surface area (Å²) in [5.74, 6) is 0. The van der Waals surface area contributed by atoms with Gasteiger partial charge in [0.1, 0.15) is 0 Å². The molecule has 2 rings (SSSR count). The molecule has 0 aliphatic rings. The predicted molar refractivity (Wildman–Crippen MR) is 87.8 cm³/mol. The quantitative estimate of drug-likeness (QED) is 0.780. The van der Waals surface area contributed by atoms with Crippen LogP contribution in [0.1, 0.15) is 36.1 Å². The topological polar surface area (TPSA) is 12.0 Å². The second kappa shape index (κ2) is 7.12. The molecule has 0 saturated heterocycles. The smallest absolute Gasteiger partial charge is 0.0577 e. The van der Waals surface area contributed by atoms with E-state index in [0.717, 1.165) is 39.7 Å². The molecule has 0 spiro atoms. The van der Waals surface area contributed by atoms with Gasteiger partial charge >= 0.3 is 0 Å². The summed E-state index contributed by atoms with van der Waals surface area (Å²) in [6.45, 7) is 5.12. The van der Waals surface area contributed by atoms with Crippen molar-refractivity contribution in [2.75, 3.05) is 6.54 Å². The lowest BCUT2D eigenvalue weighted by Gasteiger charge is -2.20. The number of rotatable bonds is 5. The SMILES string of the molecule is CCCNC(c1cccc(Cl)c1)c1ccc(C)c(Cl)c1. The van der Waals surface area contributed by atoms with Gasteiger partial charge in [-0.2, -0.15) is 0 Å². The van der Waals surface area contributed by atoms with Gasteiger partial charge < -0.3 is 5.32 Å². The van der Waals surface area contributed by atoms with Gasteiger partial charge in [-0.1, -0.05) is 54.4 Å². The zero-order valence-electron chi connectivity index (χ0n) is 11.8. The Hall–Kier alpha value is -1.02. The fourth-order valence-electron chi connectivity index (χ4n) is 2.19. The summed E-state index contributed by atoms with van der Waals surface area (Å²) in [6, 6.07) is 14.3. The molecule has 1 N–H and O–H groups in total. The Morgan fingerprint density at radius 2 is 1.80 bits per heavy atom. The van der Waals surface area contributed by atoms with E-state index in [4.69, 9.17) is 23.2 Å². The highest BCUT2D eigenvalue weighted by Gasteiger charge is 2.14. The van der Waals surface area contributed by atoms with Crippen LogP contribution in [0.15, 0.2) is 42.5 Å². The van der Waals surface area contributed by atoms with E-state index < -0.39 is 0 Å². The summed E-state index contributed by atoms with van der Waals surface area (Å²) in [5, 5.41) is 5.11. The van der Waals surface area contributed by atoms with Crippen molar-refractivity contribution in [3.63, 3.8) is 0 Å². The van der Waals surface area contributed by atoms with Gasteiger partial charge in [-0.3, -0.25) is 0 Å². The molecule has 2 aromatic rings. The Morgan fingerprint density at radius 1 is 1.05 bits per heavy atom. The molecule has 0 amide bonds. The first-order chi connectivity index (χ1) is 9.61. The third-order valence-corrected chi connectivity index (χ3v) is 3.95. The molecule has 1 nitrogen and oxygen atoms in total. The van der Waals surface area contributed by atoms with E-state index in [-0.39, 0.29) is 6.04 Å². The van der Waals surface area contributed by atoms with Gasteiger partial charge in [0.2, 0.25) is 0 Å². The Labute approximate surface area is 130 Å². The maximum absolute atomic E-state index is 6.26. The lowest BCUT2D eigenvalue weighted by Crippen LogP contribution is -2.23. The maximum atomic E-state index is 6.26. The summed E-state index contributed by atoms with van der Waals surface area (Å²) in [5.41, 5.74) is 3.41. The highest BCUT2D eigenvalue weighted by atomic mass is 35.5. The van der Waals surface area contributed by atoms with Crippen molar-refractivity contribution in [2.24, 2.45) is 0 Å². The van der Waals surface area contributed by atoms with Crippen LogP contribution in [0.3, 0.4) is 0 Å². The van der Waals surface area contributed by atoms with E-state index in [0.29, 0.717) is 0 Å². The lowest BCUT2D eigenvalue weighted by atomic mass is 9.97. The first-order valence-electron chi connectivity index (χ1n) is 6.86. The van der Waals surface area contributed by atoms with Crippen LogP contribution in [0.5, 0.6) is 0 Å². The number of nitrogens with one attached hydrogen (secondary N) is 1. The standard InChI is InChI=1S/C17H19Cl2N/c1-3-9-20-17(13-5-4-6-15(18)10-13)14-8-7-12(2)16(19)11-14/h4-8,10-11,17,20H,3,9H2,1-2H3. The average molecular weight is 308 g/mol. The first-order valence-corrected chi connectivity index (χ1v) is 7.62. The molecule has 0 aliphatic carbocycles. The molecule has 0 heterocycles. The van der Waals surface area contributed by atoms with Crippen molar-refractivity contribution in [3.8, 4) is 0 Å². The monoisotopic (exact) mass is 307 g/mol. The second-order valence-electron chi connectivity index (χ2n) is 4.95. The van der Waals surface area contributed by atoms with E-state index in [1.54, 1.807) is 0 Å². The average Bonchev–Trinajstić information content (AvgIpc) is 2.43. The number of halogens is 2. The number of benzene rings is 2. The van der Waals surface area contributed by atoms with E-state index >= 15 is 0 Å². The summed E-state index contributed by atoms with van der Waals surface area (Å²) < 4.78 is 0. The number of hydrogen-bond donors (Lipinski definition) is 1. The van der Waals surface area contributed by atoms with Crippen LogP contribution in [-0.4, -0.2) is 6.54 Å². The highest BCUT2D eigenvalue weighted by Crippen LogP contribution is 2.27. The molecule has 1 unspecified atom stereocenters. The molecule has 20 heavy (non-hydrogen) atoms. The molecular weight excluding hydrogens is 289 g/mol. The van der Waals surface area contributed by atoms with Crippen LogP contribution in [0.2, 0.25) is 10.0 Å². The molecule has 0 fully saturated rings. The Balaban J connectivity index is 2.38. The van der Waals surface area contributed by atoms with Gasteiger partial charge in [0.15, 0.2) is 0 Å². The van der Waals surface area contributed by atoms with E-state index in [1.807, 2.05) is 31.2 Å². The van der Waals surface area contributed by atoms with Gasteiger partial charge in [0, 0.05) is 10.0 Å². The molecule has 106 valence electrons. The van der Waals surface area contributed by atoms with Crippen molar-refractivity contribution in [1.82, 2.24) is 5.32 Å². The molecular formula is C17H19Cl2N. The number of hydrogen-bond acceptors (Lipinski definition) is 1.